The van der Waals surface area contributed by atoms with Crippen LogP contribution in [0.2, 0.25) is 0 Å². The molecule has 0 aliphatic heterocycles. The van der Waals surface area contributed by atoms with Crippen molar-refractivity contribution < 1.29 is 13.5 Å². The van der Waals surface area contributed by atoms with Crippen LogP contribution in [0.5, 0.6) is 5.75 Å². The van der Waals surface area contributed by atoms with Crippen molar-refractivity contribution in [1.29, 1.82) is 0 Å². The maximum atomic E-state index is 13.1. The van der Waals surface area contributed by atoms with Crippen LogP contribution in [0.1, 0.15) is 0 Å². The van der Waals surface area contributed by atoms with Gasteiger partial charge in [-0.05, 0) is 29.8 Å². The highest BCUT2D eigenvalue weighted by Gasteiger charge is 2.09. The molecule has 0 saturated carbocycles. The van der Waals surface area contributed by atoms with Crippen LogP contribution in [0.25, 0.3) is 22.1 Å². The predicted molar refractivity (Wildman–Crippen MR) is 74.4 cm³/mol. The van der Waals surface area contributed by atoms with Gasteiger partial charge in [0, 0.05) is 6.07 Å². The Morgan fingerprint density at radius 2 is 1.85 bits per heavy atom. The molecule has 4 heteroatoms. The average Bonchev–Trinajstić information content (AvgIpc) is 2.48. The Balaban J connectivity index is 2.18. The van der Waals surface area contributed by atoms with Crippen molar-refractivity contribution in [1.82, 2.24) is 0 Å². The third-order valence-electron chi connectivity index (χ3n) is 3.14. The molecule has 0 saturated heterocycles. The van der Waals surface area contributed by atoms with Crippen LogP contribution >= 0.6 is 0 Å². The molecule has 0 aliphatic rings. The summed E-state index contributed by atoms with van der Waals surface area (Å²) in [5.74, 6) is 0.277. The number of rotatable bonds is 2. The molecule has 100 valence electrons. The third kappa shape index (κ3) is 2.05. The van der Waals surface area contributed by atoms with Gasteiger partial charge in [-0.25, -0.2) is 4.39 Å². The van der Waals surface area contributed by atoms with E-state index < -0.39 is 5.82 Å². The molecule has 20 heavy (non-hydrogen) atoms. The molecule has 1 aromatic heterocycles. The molecule has 0 N–H and O–H groups in total. The van der Waals surface area contributed by atoms with Crippen LogP contribution in [0.15, 0.2) is 57.9 Å². The van der Waals surface area contributed by atoms with Crippen LogP contribution < -0.4 is 10.2 Å². The summed E-state index contributed by atoms with van der Waals surface area (Å²) in [4.78, 5) is 12.4. The highest BCUT2D eigenvalue weighted by atomic mass is 19.1. The summed E-state index contributed by atoms with van der Waals surface area (Å²) in [5.41, 5.74) is 1.22. The van der Waals surface area contributed by atoms with Crippen LogP contribution in [0.4, 0.5) is 4.39 Å². The third-order valence-corrected chi connectivity index (χ3v) is 3.14. The number of halogens is 1. The number of benzene rings is 2. The van der Waals surface area contributed by atoms with Crippen LogP contribution in [0, 0.1) is 5.82 Å². The monoisotopic (exact) mass is 270 g/mol. The number of hydrogen-bond acceptors (Lipinski definition) is 3. The molecule has 2 aromatic carbocycles. The zero-order valence-electron chi connectivity index (χ0n) is 10.7. The first-order chi connectivity index (χ1) is 9.69. The standard InChI is InChI=1S/C16H11FO3/c1-19-12-5-2-10(3-6-12)14-9-20-15-8-11(17)4-7-13(15)16(14)18/h2-9H,1H3. The maximum absolute atomic E-state index is 13.1. The summed E-state index contributed by atoms with van der Waals surface area (Å²) in [7, 11) is 1.58. The molecule has 0 amide bonds. The van der Waals surface area contributed by atoms with Gasteiger partial charge < -0.3 is 9.15 Å². The van der Waals surface area contributed by atoms with E-state index in [-0.39, 0.29) is 11.0 Å². The molecule has 3 nitrogen and oxygen atoms in total. The van der Waals surface area contributed by atoms with E-state index in [1.54, 1.807) is 31.4 Å². The smallest absolute Gasteiger partial charge is 0.200 e. The minimum absolute atomic E-state index is 0.184. The lowest BCUT2D eigenvalue weighted by Gasteiger charge is -2.04. The van der Waals surface area contributed by atoms with E-state index in [2.05, 4.69) is 0 Å². The summed E-state index contributed by atoms with van der Waals surface area (Å²) in [6, 6.07) is 11.0. The molecule has 0 aliphatic carbocycles. The fourth-order valence-electron chi connectivity index (χ4n) is 2.07. The minimum atomic E-state index is -0.433. The lowest BCUT2D eigenvalue weighted by molar-refractivity contribution is 0.415. The molecule has 3 rings (SSSR count). The van der Waals surface area contributed by atoms with Gasteiger partial charge in [-0.15, -0.1) is 0 Å². The topological polar surface area (TPSA) is 39.4 Å². The summed E-state index contributed by atoms with van der Waals surface area (Å²) in [6.45, 7) is 0. The molecule has 1 heterocycles. The molecular formula is C16H11FO3. The van der Waals surface area contributed by atoms with Crippen molar-refractivity contribution in [2.24, 2.45) is 0 Å². The Labute approximate surface area is 114 Å². The summed E-state index contributed by atoms with van der Waals surface area (Å²) in [5, 5.41) is 0.361. The lowest BCUT2D eigenvalue weighted by atomic mass is 10.1. The van der Waals surface area contributed by atoms with Gasteiger partial charge >= 0.3 is 0 Å². The van der Waals surface area contributed by atoms with Crippen molar-refractivity contribution in [2.45, 2.75) is 0 Å². The van der Waals surface area contributed by atoms with Crippen LogP contribution in [-0.2, 0) is 0 Å². The minimum Gasteiger partial charge on any atom is -0.497 e. The highest BCUT2D eigenvalue weighted by molar-refractivity contribution is 5.81. The first-order valence-corrected chi connectivity index (χ1v) is 6.04. The Hall–Kier alpha value is -2.62. The van der Waals surface area contributed by atoms with Gasteiger partial charge in [0.1, 0.15) is 23.4 Å². The lowest BCUT2D eigenvalue weighted by Crippen LogP contribution is -2.04. The van der Waals surface area contributed by atoms with Crippen molar-refractivity contribution in [3.05, 3.63) is 64.8 Å². The summed E-state index contributed by atoms with van der Waals surface area (Å²) < 4.78 is 23.5. The van der Waals surface area contributed by atoms with Crippen LogP contribution in [0.3, 0.4) is 0 Å². The number of hydrogen-bond donors (Lipinski definition) is 0. The van der Waals surface area contributed by atoms with E-state index in [1.165, 1.54) is 24.5 Å². The quantitative estimate of drug-likeness (QED) is 0.714. The molecular weight excluding hydrogens is 259 g/mol. The van der Waals surface area contributed by atoms with E-state index in [4.69, 9.17) is 9.15 Å². The van der Waals surface area contributed by atoms with E-state index in [0.29, 0.717) is 16.7 Å². The van der Waals surface area contributed by atoms with Gasteiger partial charge in [0.2, 0.25) is 0 Å². The Kier molecular flexibility index (Phi) is 2.99. The van der Waals surface area contributed by atoms with Crippen molar-refractivity contribution >= 4 is 11.0 Å². The van der Waals surface area contributed by atoms with E-state index >= 15 is 0 Å². The molecule has 0 radical (unpaired) electrons. The second-order valence-electron chi connectivity index (χ2n) is 4.35. The first kappa shape index (κ1) is 12.4. The Morgan fingerprint density at radius 3 is 2.55 bits per heavy atom. The molecule has 3 aromatic rings. The SMILES string of the molecule is COc1ccc(-c2coc3cc(F)ccc3c2=O)cc1. The van der Waals surface area contributed by atoms with Gasteiger partial charge in [-0.2, -0.15) is 0 Å². The highest BCUT2D eigenvalue weighted by Crippen LogP contribution is 2.22. The Bertz CT molecular complexity index is 819. The number of fused-ring (bicyclic) bond motifs is 1. The van der Waals surface area contributed by atoms with E-state index in [9.17, 15) is 9.18 Å². The van der Waals surface area contributed by atoms with Gasteiger partial charge in [0.25, 0.3) is 0 Å². The number of methoxy groups -OCH3 is 1. The van der Waals surface area contributed by atoms with Crippen molar-refractivity contribution in [3.8, 4) is 16.9 Å². The average molecular weight is 270 g/mol. The van der Waals surface area contributed by atoms with E-state index in [1.807, 2.05) is 0 Å². The van der Waals surface area contributed by atoms with Crippen molar-refractivity contribution in [3.63, 3.8) is 0 Å². The summed E-state index contributed by atoms with van der Waals surface area (Å²) >= 11 is 0. The van der Waals surface area contributed by atoms with Gasteiger partial charge in [0.05, 0.1) is 18.1 Å². The zero-order valence-corrected chi connectivity index (χ0v) is 10.7. The van der Waals surface area contributed by atoms with E-state index in [0.717, 1.165) is 5.56 Å². The Morgan fingerprint density at radius 1 is 1.10 bits per heavy atom. The fourth-order valence-corrected chi connectivity index (χ4v) is 2.07. The first-order valence-electron chi connectivity index (χ1n) is 6.04. The molecule has 0 atom stereocenters. The zero-order chi connectivity index (χ0) is 14.1. The molecule has 0 fully saturated rings. The normalized spacial score (nSPS) is 10.7. The molecule has 0 unspecified atom stereocenters. The molecule has 0 spiro atoms. The maximum Gasteiger partial charge on any atom is 0.200 e. The van der Waals surface area contributed by atoms with Crippen molar-refractivity contribution in [2.75, 3.05) is 7.11 Å². The fraction of sp³-hybridized carbons (Fsp3) is 0.0625. The molecule has 0 bridgehead atoms. The van der Waals surface area contributed by atoms with Gasteiger partial charge in [-0.3, -0.25) is 4.79 Å². The predicted octanol–water partition coefficient (Wildman–Crippen LogP) is 3.61. The van der Waals surface area contributed by atoms with Gasteiger partial charge in [-0.1, -0.05) is 12.1 Å². The number of ether oxygens (including phenoxy) is 1. The van der Waals surface area contributed by atoms with Crippen LogP contribution in [-0.4, -0.2) is 7.11 Å². The second kappa shape index (κ2) is 4.81. The largest absolute Gasteiger partial charge is 0.497 e. The second-order valence-corrected chi connectivity index (χ2v) is 4.35. The van der Waals surface area contributed by atoms with Gasteiger partial charge in [0.15, 0.2) is 5.43 Å². The summed E-state index contributed by atoms with van der Waals surface area (Å²) in [6.07, 6.45) is 1.35.